The number of allylic oxidation sites excluding steroid dienone is 1. The summed E-state index contributed by atoms with van der Waals surface area (Å²) in [5.74, 6) is -0.0550. The van der Waals surface area contributed by atoms with Gasteiger partial charge in [-0.25, -0.2) is 0 Å². The first-order chi connectivity index (χ1) is 32.2. The molecule has 0 fully saturated rings. The number of hydrogen-bond acceptors (Lipinski definition) is 3. The van der Waals surface area contributed by atoms with Crippen molar-refractivity contribution >= 4 is 5.91 Å². The van der Waals surface area contributed by atoms with Crippen LogP contribution in [0.1, 0.15) is 354 Å². The average Bonchev–Trinajstić information content (AvgIpc) is 3.31. The number of hydrogen-bond donors (Lipinski definition) is 3. The first kappa shape index (κ1) is 64.1. The predicted molar refractivity (Wildman–Crippen MR) is 290 cm³/mol. The molecule has 65 heavy (non-hydrogen) atoms. The van der Waals surface area contributed by atoms with Crippen LogP contribution < -0.4 is 5.32 Å². The summed E-state index contributed by atoms with van der Waals surface area (Å²) in [7, 11) is 0. The van der Waals surface area contributed by atoms with Crippen LogP contribution in [0.3, 0.4) is 0 Å². The van der Waals surface area contributed by atoms with Crippen molar-refractivity contribution < 1.29 is 15.0 Å². The molecule has 0 aliphatic heterocycles. The van der Waals surface area contributed by atoms with Gasteiger partial charge in [-0.05, 0) is 19.3 Å². The van der Waals surface area contributed by atoms with E-state index in [9.17, 15) is 15.0 Å². The Morgan fingerprint density at radius 2 is 0.569 bits per heavy atom. The van der Waals surface area contributed by atoms with Gasteiger partial charge in [-0.2, -0.15) is 0 Å². The minimum absolute atomic E-state index is 0.0550. The monoisotopic (exact) mass is 916 g/mol. The molecule has 1 amide bonds. The zero-order valence-electron chi connectivity index (χ0n) is 44.8. The van der Waals surface area contributed by atoms with Crippen molar-refractivity contribution in [2.45, 2.75) is 366 Å². The van der Waals surface area contributed by atoms with Crippen molar-refractivity contribution in [1.29, 1.82) is 0 Å². The van der Waals surface area contributed by atoms with E-state index in [1.165, 1.54) is 308 Å². The Kier molecular flexibility index (Phi) is 56.7. The van der Waals surface area contributed by atoms with Gasteiger partial charge in [0.1, 0.15) is 0 Å². The molecule has 2 unspecified atom stereocenters. The van der Waals surface area contributed by atoms with Gasteiger partial charge >= 0.3 is 0 Å². The summed E-state index contributed by atoms with van der Waals surface area (Å²) in [6.07, 6.45) is 75.4. The molecule has 0 aliphatic carbocycles. The van der Waals surface area contributed by atoms with Crippen molar-refractivity contribution in [3.63, 3.8) is 0 Å². The van der Waals surface area contributed by atoms with E-state index in [1.807, 2.05) is 6.08 Å². The molecule has 0 spiro atoms. The number of unbranched alkanes of at least 4 members (excludes halogenated alkanes) is 50. The summed E-state index contributed by atoms with van der Waals surface area (Å²) in [6.45, 7) is 4.36. The van der Waals surface area contributed by atoms with Gasteiger partial charge in [0.05, 0.1) is 18.8 Å². The SMILES string of the molecule is CCCCCCCCCCCCCCCCCCCCCCCCCCCCCCC/C=C/C(O)C(CO)NC(=O)CCCCCCCCCCCCCCCCCCCCCCCC. The molecule has 388 valence electrons. The zero-order valence-corrected chi connectivity index (χ0v) is 44.8. The lowest BCUT2D eigenvalue weighted by molar-refractivity contribution is -0.123. The van der Waals surface area contributed by atoms with Crippen LogP contribution in [0, 0.1) is 0 Å². The van der Waals surface area contributed by atoms with Gasteiger partial charge in [0.2, 0.25) is 5.91 Å². The topological polar surface area (TPSA) is 69.6 Å². The zero-order chi connectivity index (χ0) is 47.0. The molecule has 4 nitrogen and oxygen atoms in total. The summed E-state index contributed by atoms with van der Waals surface area (Å²) in [6, 6.07) is -0.619. The number of rotatable bonds is 57. The third-order valence-corrected chi connectivity index (χ3v) is 14.5. The number of carbonyl (C=O) groups excluding carboxylic acids is 1. The average molecular weight is 917 g/mol. The van der Waals surface area contributed by atoms with E-state index in [2.05, 4.69) is 19.2 Å². The maximum absolute atomic E-state index is 12.5. The third kappa shape index (κ3) is 53.9. The molecule has 0 heterocycles. The van der Waals surface area contributed by atoms with Crippen LogP contribution in [0.4, 0.5) is 0 Å². The summed E-state index contributed by atoms with van der Waals surface area (Å²) in [5, 5.41) is 23.2. The second kappa shape index (κ2) is 57.4. The van der Waals surface area contributed by atoms with Crippen LogP contribution >= 0.6 is 0 Å². The van der Waals surface area contributed by atoms with Crippen LogP contribution in [-0.2, 0) is 4.79 Å². The van der Waals surface area contributed by atoms with Gasteiger partial charge < -0.3 is 15.5 Å². The van der Waals surface area contributed by atoms with Crippen LogP contribution in [0.5, 0.6) is 0 Å². The molecule has 3 N–H and O–H groups in total. The van der Waals surface area contributed by atoms with Crippen molar-refractivity contribution in [3.8, 4) is 0 Å². The molecular weight excluding hydrogens is 795 g/mol. The maximum Gasteiger partial charge on any atom is 0.220 e. The van der Waals surface area contributed by atoms with Gasteiger partial charge in [0.25, 0.3) is 0 Å². The van der Waals surface area contributed by atoms with Gasteiger partial charge in [-0.1, -0.05) is 341 Å². The van der Waals surface area contributed by atoms with Crippen LogP contribution in [0.25, 0.3) is 0 Å². The highest BCUT2D eigenvalue weighted by molar-refractivity contribution is 5.76. The van der Waals surface area contributed by atoms with E-state index in [1.54, 1.807) is 6.08 Å². The molecule has 0 rings (SSSR count). The second-order valence-corrected chi connectivity index (χ2v) is 21.1. The molecule has 0 saturated carbocycles. The van der Waals surface area contributed by atoms with Crippen LogP contribution in [-0.4, -0.2) is 34.9 Å². The van der Waals surface area contributed by atoms with E-state index in [-0.39, 0.29) is 12.5 Å². The van der Waals surface area contributed by atoms with E-state index < -0.39 is 12.1 Å². The summed E-state index contributed by atoms with van der Waals surface area (Å²) >= 11 is 0. The number of aliphatic hydroxyl groups is 2. The highest BCUT2D eigenvalue weighted by Gasteiger charge is 2.18. The Balaban J connectivity index is 3.42. The molecule has 2 atom stereocenters. The largest absolute Gasteiger partial charge is 0.394 e. The van der Waals surface area contributed by atoms with Gasteiger partial charge in [-0.3, -0.25) is 4.79 Å². The highest BCUT2D eigenvalue weighted by Crippen LogP contribution is 2.19. The smallest absolute Gasteiger partial charge is 0.220 e. The van der Waals surface area contributed by atoms with E-state index in [0.717, 1.165) is 25.7 Å². The number of carbonyl (C=O) groups is 1. The second-order valence-electron chi connectivity index (χ2n) is 21.1. The van der Waals surface area contributed by atoms with Gasteiger partial charge in [0, 0.05) is 6.42 Å². The molecule has 4 heteroatoms. The summed E-state index contributed by atoms with van der Waals surface area (Å²) in [5.41, 5.74) is 0. The van der Waals surface area contributed by atoms with E-state index in [0.29, 0.717) is 6.42 Å². The van der Waals surface area contributed by atoms with Crippen molar-refractivity contribution in [3.05, 3.63) is 12.2 Å². The molecule has 0 aromatic rings. The Hall–Kier alpha value is -0.870. The normalized spacial score (nSPS) is 12.7. The fourth-order valence-corrected chi connectivity index (χ4v) is 9.89. The van der Waals surface area contributed by atoms with Crippen molar-refractivity contribution in [1.82, 2.24) is 5.32 Å². The summed E-state index contributed by atoms with van der Waals surface area (Å²) < 4.78 is 0. The predicted octanol–water partition coefficient (Wildman–Crippen LogP) is 20.1. The first-order valence-corrected chi connectivity index (χ1v) is 30.4. The standard InChI is InChI=1S/C61H121NO3/c1-3-5-7-9-11-13-15-17-19-21-23-25-27-28-29-30-31-32-33-34-35-36-38-40-42-44-46-48-50-52-54-56-60(64)59(58-63)62-61(65)57-55-53-51-49-47-45-43-41-39-37-26-24-22-20-18-16-14-12-10-8-6-4-2/h54,56,59-60,63-64H,3-53,55,57-58H2,1-2H3,(H,62,65)/b56-54+. The Morgan fingerprint density at radius 3 is 0.800 bits per heavy atom. The number of nitrogens with one attached hydrogen (secondary N) is 1. The molecular formula is C61H121NO3. The lowest BCUT2D eigenvalue weighted by atomic mass is 10.0. The highest BCUT2D eigenvalue weighted by atomic mass is 16.3. The van der Waals surface area contributed by atoms with Crippen molar-refractivity contribution in [2.75, 3.05) is 6.61 Å². The maximum atomic E-state index is 12.5. The lowest BCUT2D eigenvalue weighted by Gasteiger charge is -2.20. The lowest BCUT2D eigenvalue weighted by Crippen LogP contribution is -2.45. The molecule has 0 aromatic heterocycles. The van der Waals surface area contributed by atoms with Gasteiger partial charge in [-0.15, -0.1) is 0 Å². The third-order valence-electron chi connectivity index (χ3n) is 14.5. The minimum atomic E-state index is -0.836. The Labute approximate surface area is 409 Å². The van der Waals surface area contributed by atoms with E-state index in [4.69, 9.17) is 0 Å². The molecule has 0 radical (unpaired) electrons. The Bertz CT molecular complexity index is 905. The molecule has 0 aliphatic rings. The first-order valence-electron chi connectivity index (χ1n) is 30.4. The molecule has 0 aromatic carbocycles. The van der Waals surface area contributed by atoms with E-state index >= 15 is 0 Å². The Morgan fingerprint density at radius 1 is 0.354 bits per heavy atom. The fourth-order valence-electron chi connectivity index (χ4n) is 9.89. The quantitative estimate of drug-likeness (QED) is 0.0421. The van der Waals surface area contributed by atoms with Crippen LogP contribution in [0.2, 0.25) is 0 Å². The van der Waals surface area contributed by atoms with Crippen molar-refractivity contribution in [2.24, 2.45) is 0 Å². The number of aliphatic hydroxyl groups excluding tert-OH is 2. The molecule has 0 saturated heterocycles. The van der Waals surface area contributed by atoms with Crippen LogP contribution in [0.15, 0.2) is 12.2 Å². The summed E-state index contributed by atoms with van der Waals surface area (Å²) in [4.78, 5) is 12.5. The number of amides is 1. The fraction of sp³-hybridized carbons (Fsp3) is 0.951. The van der Waals surface area contributed by atoms with Gasteiger partial charge in [0.15, 0.2) is 0 Å². The minimum Gasteiger partial charge on any atom is -0.394 e. The molecule has 0 bridgehead atoms.